The van der Waals surface area contributed by atoms with E-state index in [9.17, 15) is 13.2 Å². The number of carbonyl (C=O) groups is 1. The molecule has 0 aliphatic heterocycles. The number of anilines is 1. The minimum atomic E-state index is -3.56. The van der Waals surface area contributed by atoms with E-state index in [4.69, 9.17) is 10.5 Å². The summed E-state index contributed by atoms with van der Waals surface area (Å²) in [4.78, 5) is 10.6. The van der Waals surface area contributed by atoms with Gasteiger partial charge in [-0.2, -0.15) is 0 Å². The molecule has 7 nitrogen and oxygen atoms in total. The van der Waals surface area contributed by atoms with E-state index < -0.39 is 15.9 Å². The van der Waals surface area contributed by atoms with Gasteiger partial charge in [-0.05, 0) is 24.3 Å². The summed E-state index contributed by atoms with van der Waals surface area (Å²) in [7, 11) is -1.81. The van der Waals surface area contributed by atoms with Gasteiger partial charge >= 0.3 is 0 Å². The van der Waals surface area contributed by atoms with Crippen LogP contribution in [0.1, 0.15) is 0 Å². The molecule has 19 heavy (non-hydrogen) atoms. The molecule has 0 aliphatic rings. The average molecular weight is 287 g/mol. The van der Waals surface area contributed by atoms with Gasteiger partial charge in [0, 0.05) is 19.3 Å². The third-order valence-electron chi connectivity index (χ3n) is 2.24. The van der Waals surface area contributed by atoms with E-state index in [0.717, 1.165) is 5.69 Å². The fourth-order valence-electron chi connectivity index (χ4n) is 1.31. The largest absolute Gasteiger partial charge is 0.388 e. The van der Waals surface area contributed by atoms with E-state index in [0.29, 0.717) is 0 Å². The van der Waals surface area contributed by atoms with E-state index in [1.54, 1.807) is 19.2 Å². The van der Waals surface area contributed by atoms with Gasteiger partial charge in [-0.3, -0.25) is 4.79 Å². The molecule has 1 amide bonds. The molecule has 106 valence electrons. The second kappa shape index (κ2) is 7.07. The second-order valence-corrected chi connectivity index (χ2v) is 5.46. The molecule has 8 heteroatoms. The molecule has 0 aliphatic carbocycles. The van der Waals surface area contributed by atoms with Gasteiger partial charge in [0.1, 0.15) is 6.61 Å². The van der Waals surface area contributed by atoms with Gasteiger partial charge in [-0.15, -0.1) is 0 Å². The number of sulfonamides is 1. The number of carbonyl (C=O) groups excluding carboxylic acids is 1. The Morgan fingerprint density at radius 2 is 1.95 bits per heavy atom. The maximum Gasteiger partial charge on any atom is 0.243 e. The fraction of sp³-hybridized carbons (Fsp3) is 0.364. The molecule has 0 saturated heterocycles. The summed E-state index contributed by atoms with van der Waals surface area (Å²) in [6, 6.07) is 6.33. The monoisotopic (exact) mass is 287 g/mol. The summed E-state index contributed by atoms with van der Waals surface area (Å²) in [6.07, 6.45) is 0. The van der Waals surface area contributed by atoms with Crippen LogP contribution in [-0.2, 0) is 19.6 Å². The summed E-state index contributed by atoms with van der Waals surface area (Å²) in [5.41, 5.74) is 5.69. The number of hydrogen-bond donors (Lipinski definition) is 3. The topological polar surface area (TPSA) is 111 Å². The molecule has 1 rings (SSSR count). The Morgan fingerprint density at radius 1 is 1.32 bits per heavy atom. The van der Waals surface area contributed by atoms with Crippen molar-refractivity contribution in [3.8, 4) is 0 Å². The lowest BCUT2D eigenvalue weighted by atomic mass is 10.3. The summed E-state index contributed by atoms with van der Waals surface area (Å²) >= 11 is 0. The minimum absolute atomic E-state index is 0.0728. The molecule has 1 aromatic carbocycles. The van der Waals surface area contributed by atoms with Crippen LogP contribution in [0.15, 0.2) is 29.2 Å². The van der Waals surface area contributed by atoms with Crippen LogP contribution >= 0.6 is 0 Å². The van der Waals surface area contributed by atoms with Crippen LogP contribution in [0.5, 0.6) is 0 Å². The quantitative estimate of drug-likeness (QED) is 0.559. The maximum atomic E-state index is 11.9. The lowest BCUT2D eigenvalue weighted by Gasteiger charge is -2.07. The van der Waals surface area contributed by atoms with Crippen molar-refractivity contribution in [1.29, 1.82) is 0 Å². The highest BCUT2D eigenvalue weighted by molar-refractivity contribution is 7.89. The molecule has 0 spiro atoms. The van der Waals surface area contributed by atoms with Crippen LogP contribution in [0.4, 0.5) is 5.69 Å². The molecule has 0 unspecified atom stereocenters. The van der Waals surface area contributed by atoms with Crippen LogP contribution in [-0.4, -0.2) is 41.1 Å². The Hall–Kier alpha value is -1.64. The first-order valence-corrected chi connectivity index (χ1v) is 7.07. The molecule has 1 aromatic rings. The van der Waals surface area contributed by atoms with E-state index in [-0.39, 0.29) is 24.7 Å². The molecular formula is C11H17N3O4S. The van der Waals surface area contributed by atoms with Crippen LogP contribution in [0, 0.1) is 0 Å². The summed E-state index contributed by atoms with van der Waals surface area (Å²) in [5.74, 6) is -0.592. The van der Waals surface area contributed by atoms with Gasteiger partial charge < -0.3 is 15.8 Å². The van der Waals surface area contributed by atoms with Crippen LogP contribution in [0.3, 0.4) is 0 Å². The number of nitrogens with two attached hydrogens (primary N) is 1. The van der Waals surface area contributed by atoms with Crippen molar-refractivity contribution in [2.24, 2.45) is 5.73 Å². The zero-order valence-corrected chi connectivity index (χ0v) is 11.4. The zero-order valence-electron chi connectivity index (χ0n) is 10.5. The van der Waals surface area contributed by atoms with Crippen molar-refractivity contribution < 1.29 is 17.9 Å². The molecule has 0 fully saturated rings. The van der Waals surface area contributed by atoms with Crippen molar-refractivity contribution >= 4 is 21.6 Å². The van der Waals surface area contributed by atoms with Crippen molar-refractivity contribution in [2.75, 3.05) is 32.1 Å². The average Bonchev–Trinajstić information content (AvgIpc) is 2.38. The number of nitrogens with one attached hydrogen (secondary N) is 2. The van der Waals surface area contributed by atoms with Crippen molar-refractivity contribution in [1.82, 2.24) is 4.72 Å². The summed E-state index contributed by atoms with van der Waals surface area (Å²) < 4.78 is 30.9. The summed E-state index contributed by atoms with van der Waals surface area (Å²) in [6.45, 7) is -0.0707. The maximum absolute atomic E-state index is 11.9. The van der Waals surface area contributed by atoms with Gasteiger partial charge in [-0.1, -0.05) is 0 Å². The predicted octanol–water partition coefficient (Wildman–Crippen LogP) is -0.491. The van der Waals surface area contributed by atoms with Gasteiger partial charge in [0.15, 0.2) is 0 Å². The number of hydrogen-bond acceptors (Lipinski definition) is 5. The molecule has 0 aromatic heterocycles. The van der Waals surface area contributed by atoms with Crippen LogP contribution in [0.25, 0.3) is 0 Å². The van der Waals surface area contributed by atoms with E-state index in [1.807, 2.05) is 0 Å². The molecule has 0 heterocycles. The standard InChI is InChI=1S/C11H17N3O4S/c1-13-9-2-4-10(5-3-9)19(16,17)14-6-7-18-8-11(12)15/h2-5,13-14H,6-8H2,1H3,(H2,12,15). The van der Waals surface area contributed by atoms with Crippen molar-refractivity contribution in [3.05, 3.63) is 24.3 Å². The Kier molecular flexibility index (Phi) is 5.74. The van der Waals surface area contributed by atoms with E-state index in [1.165, 1.54) is 12.1 Å². The smallest absolute Gasteiger partial charge is 0.243 e. The molecule has 0 saturated carbocycles. The highest BCUT2D eigenvalue weighted by Crippen LogP contribution is 2.12. The Bertz CT molecular complexity index is 513. The van der Waals surface area contributed by atoms with Gasteiger partial charge in [-0.25, -0.2) is 13.1 Å². The Balaban J connectivity index is 2.48. The number of primary amides is 1. The number of ether oxygens (including phenoxy) is 1. The normalized spacial score (nSPS) is 11.2. The van der Waals surface area contributed by atoms with Crippen molar-refractivity contribution in [3.63, 3.8) is 0 Å². The highest BCUT2D eigenvalue weighted by atomic mass is 32.2. The van der Waals surface area contributed by atoms with Gasteiger partial charge in [0.25, 0.3) is 0 Å². The van der Waals surface area contributed by atoms with Gasteiger partial charge in [0.2, 0.25) is 15.9 Å². The van der Waals surface area contributed by atoms with E-state index in [2.05, 4.69) is 10.0 Å². The van der Waals surface area contributed by atoms with Crippen LogP contribution in [0.2, 0.25) is 0 Å². The zero-order chi connectivity index (χ0) is 14.3. The van der Waals surface area contributed by atoms with E-state index >= 15 is 0 Å². The fourth-order valence-corrected chi connectivity index (χ4v) is 2.32. The molecule has 0 atom stereocenters. The predicted molar refractivity (Wildman–Crippen MR) is 71.2 cm³/mol. The lowest BCUT2D eigenvalue weighted by Crippen LogP contribution is -2.29. The molecule has 0 bridgehead atoms. The Morgan fingerprint density at radius 3 is 2.47 bits per heavy atom. The van der Waals surface area contributed by atoms with Crippen LogP contribution < -0.4 is 15.8 Å². The van der Waals surface area contributed by atoms with Crippen molar-refractivity contribution in [2.45, 2.75) is 4.90 Å². The first-order chi connectivity index (χ1) is 8.95. The number of benzene rings is 1. The third kappa shape index (κ3) is 5.25. The third-order valence-corrected chi connectivity index (χ3v) is 3.71. The molecule has 0 radical (unpaired) electrons. The SMILES string of the molecule is CNc1ccc(S(=O)(=O)NCCOCC(N)=O)cc1. The number of rotatable bonds is 8. The highest BCUT2D eigenvalue weighted by Gasteiger charge is 2.12. The van der Waals surface area contributed by atoms with Gasteiger partial charge in [0.05, 0.1) is 11.5 Å². The first kappa shape index (κ1) is 15.4. The Labute approximate surface area is 112 Å². The minimum Gasteiger partial charge on any atom is -0.388 e. The molecule has 4 N–H and O–H groups in total. The number of amides is 1. The lowest BCUT2D eigenvalue weighted by molar-refractivity contribution is -0.122. The first-order valence-electron chi connectivity index (χ1n) is 5.59. The molecular weight excluding hydrogens is 270 g/mol. The summed E-state index contributed by atoms with van der Waals surface area (Å²) in [5, 5.41) is 2.90. The second-order valence-electron chi connectivity index (χ2n) is 3.69.